The molecule has 0 bridgehead atoms. The molecule has 17 heavy (non-hydrogen) atoms. The van der Waals surface area contributed by atoms with E-state index in [1.165, 1.54) is 7.11 Å². The number of carbonyl (C=O) groups is 1. The Morgan fingerprint density at radius 3 is 3.00 bits per heavy atom. The van der Waals surface area contributed by atoms with E-state index in [2.05, 4.69) is 10.6 Å². The molecule has 0 aliphatic heterocycles. The average Bonchev–Trinajstić information content (AvgIpc) is 2.27. The zero-order valence-corrected chi connectivity index (χ0v) is 10.2. The van der Waals surface area contributed by atoms with Gasteiger partial charge in [0.15, 0.2) is 0 Å². The molecule has 2 amide bonds. The van der Waals surface area contributed by atoms with Crippen molar-refractivity contribution in [2.45, 2.75) is 6.10 Å². The highest BCUT2D eigenvalue weighted by Gasteiger charge is 2.06. The van der Waals surface area contributed by atoms with Gasteiger partial charge in [0, 0.05) is 24.4 Å². The summed E-state index contributed by atoms with van der Waals surface area (Å²) in [7, 11) is 1.48. The number of halogens is 1. The monoisotopic (exact) mass is 258 g/mol. The van der Waals surface area contributed by atoms with Crippen LogP contribution in [0.2, 0.25) is 5.02 Å². The Morgan fingerprint density at radius 1 is 1.59 bits per heavy atom. The summed E-state index contributed by atoms with van der Waals surface area (Å²) in [6, 6.07) is 6.40. The molecule has 0 heterocycles. The molecule has 0 radical (unpaired) electrons. The fourth-order valence-corrected chi connectivity index (χ4v) is 1.39. The van der Waals surface area contributed by atoms with Gasteiger partial charge in [-0.15, -0.1) is 0 Å². The smallest absolute Gasteiger partial charge is 0.319 e. The van der Waals surface area contributed by atoms with Gasteiger partial charge >= 0.3 is 6.03 Å². The molecule has 6 heteroatoms. The molecule has 0 saturated carbocycles. The van der Waals surface area contributed by atoms with Crippen LogP contribution in [-0.4, -0.2) is 37.5 Å². The van der Waals surface area contributed by atoms with Crippen LogP contribution >= 0.6 is 11.6 Å². The van der Waals surface area contributed by atoms with Gasteiger partial charge in [-0.1, -0.05) is 17.7 Å². The Kier molecular flexibility index (Phi) is 5.76. The molecular formula is C11H15ClN2O3. The van der Waals surface area contributed by atoms with Crippen LogP contribution in [0, 0.1) is 0 Å². The van der Waals surface area contributed by atoms with Crippen molar-refractivity contribution in [3.8, 4) is 0 Å². The summed E-state index contributed by atoms with van der Waals surface area (Å²) >= 11 is 5.77. The van der Waals surface area contributed by atoms with Crippen molar-refractivity contribution in [2.24, 2.45) is 0 Å². The summed E-state index contributed by atoms with van der Waals surface area (Å²) in [5.41, 5.74) is 0.594. The predicted octanol–water partition coefficient (Wildman–Crippen LogP) is 1.47. The molecule has 0 saturated heterocycles. The summed E-state index contributed by atoms with van der Waals surface area (Å²) in [5, 5.41) is 15.0. The van der Waals surface area contributed by atoms with Crippen LogP contribution in [0.15, 0.2) is 24.3 Å². The second-order valence-electron chi connectivity index (χ2n) is 3.45. The number of aliphatic hydroxyl groups excluding tert-OH is 1. The number of rotatable bonds is 5. The standard InChI is InChI=1S/C11H15ClN2O3/c1-17-7-10(15)6-13-11(16)14-9-4-2-3-8(12)5-9/h2-5,10,15H,6-7H2,1H3,(H2,13,14,16). The first-order valence-electron chi connectivity index (χ1n) is 5.09. The van der Waals surface area contributed by atoms with E-state index in [1.54, 1.807) is 24.3 Å². The van der Waals surface area contributed by atoms with Crippen molar-refractivity contribution in [3.05, 3.63) is 29.3 Å². The van der Waals surface area contributed by atoms with Gasteiger partial charge in [-0.3, -0.25) is 0 Å². The summed E-state index contributed by atoms with van der Waals surface area (Å²) < 4.78 is 4.73. The lowest BCUT2D eigenvalue weighted by Crippen LogP contribution is -2.36. The third-order valence-electron chi connectivity index (χ3n) is 1.94. The minimum absolute atomic E-state index is 0.125. The SMILES string of the molecule is COCC(O)CNC(=O)Nc1cccc(Cl)c1. The third kappa shape index (κ3) is 5.53. The van der Waals surface area contributed by atoms with Crippen molar-refractivity contribution in [1.29, 1.82) is 0 Å². The number of anilines is 1. The molecule has 5 nitrogen and oxygen atoms in total. The zero-order chi connectivity index (χ0) is 12.7. The molecular weight excluding hydrogens is 244 g/mol. The fraction of sp³-hybridized carbons (Fsp3) is 0.364. The first-order chi connectivity index (χ1) is 8.11. The lowest BCUT2D eigenvalue weighted by atomic mass is 10.3. The number of nitrogens with one attached hydrogen (secondary N) is 2. The number of urea groups is 1. The van der Waals surface area contributed by atoms with Crippen LogP contribution in [0.1, 0.15) is 0 Å². The molecule has 1 atom stereocenters. The van der Waals surface area contributed by atoms with E-state index in [-0.39, 0.29) is 13.2 Å². The second kappa shape index (κ2) is 7.11. The third-order valence-corrected chi connectivity index (χ3v) is 2.17. The van der Waals surface area contributed by atoms with Gasteiger partial charge in [0.25, 0.3) is 0 Å². The molecule has 3 N–H and O–H groups in total. The Bertz CT molecular complexity index is 373. The molecule has 0 fully saturated rings. The van der Waals surface area contributed by atoms with Crippen LogP contribution < -0.4 is 10.6 Å². The van der Waals surface area contributed by atoms with Gasteiger partial charge in [0.1, 0.15) is 0 Å². The summed E-state index contributed by atoms with van der Waals surface area (Å²) in [6.07, 6.45) is -0.717. The van der Waals surface area contributed by atoms with E-state index in [4.69, 9.17) is 16.3 Å². The number of carbonyl (C=O) groups excluding carboxylic acids is 1. The minimum Gasteiger partial charge on any atom is -0.389 e. The molecule has 1 unspecified atom stereocenters. The van der Waals surface area contributed by atoms with Gasteiger partial charge < -0.3 is 20.5 Å². The van der Waals surface area contributed by atoms with Crippen LogP contribution in [-0.2, 0) is 4.74 Å². The quantitative estimate of drug-likeness (QED) is 0.749. The van der Waals surface area contributed by atoms with E-state index < -0.39 is 12.1 Å². The lowest BCUT2D eigenvalue weighted by molar-refractivity contribution is 0.0663. The van der Waals surface area contributed by atoms with Crippen LogP contribution in [0.4, 0.5) is 10.5 Å². The van der Waals surface area contributed by atoms with Gasteiger partial charge in [-0.25, -0.2) is 4.79 Å². The topological polar surface area (TPSA) is 70.6 Å². The highest BCUT2D eigenvalue weighted by atomic mass is 35.5. The number of benzene rings is 1. The second-order valence-corrected chi connectivity index (χ2v) is 3.89. The number of aliphatic hydroxyl groups is 1. The van der Waals surface area contributed by atoms with Crippen molar-refractivity contribution < 1.29 is 14.6 Å². The van der Waals surface area contributed by atoms with Crippen molar-refractivity contribution in [1.82, 2.24) is 5.32 Å². The molecule has 1 rings (SSSR count). The van der Waals surface area contributed by atoms with Gasteiger partial charge in [-0.2, -0.15) is 0 Å². The van der Waals surface area contributed by atoms with Crippen molar-refractivity contribution in [3.63, 3.8) is 0 Å². The summed E-state index contributed by atoms with van der Waals surface area (Å²) in [6.45, 7) is 0.303. The van der Waals surface area contributed by atoms with E-state index in [0.717, 1.165) is 0 Å². The number of hydrogen-bond acceptors (Lipinski definition) is 3. The van der Waals surface area contributed by atoms with E-state index in [9.17, 15) is 9.90 Å². The summed E-state index contributed by atoms with van der Waals surface area (Å²) in [4.78, 5) is 11.4. The summed E-state index contributed by atoms with van der Waals surface area (Å²) in [5.74, 6) is 0. The van der Waals surface area contributed by atoms with E-state index in [1.807, 2.05) is 0 Å². The van der Waals surface area contributed by atoms with Crippen LogP contribution in [0.5, 0.6) is 0 Å². The molecule has 0 aliphatic rings. The number of hydrogen-bond donors (Lipinski definition) is 3. The van der Waals surface area contributed by atoms with Crippen molar-refractivity contribution in [2.75, 3.05) is 25.6 Å². The highest BCUT2D eigenvalue weighted by Crippen LogP contribution is 2.14. The maximum atomic E-state index is 11.4. The van der Waals surface area contributed by atoms with Gasteiger partial charge in [-0.05, 0) is 18.2 Å². The Morgan fingerprint density at radius 2 is 2.35 bits per heavy atom. The van der Waals surface area contributed by atoms with Crippen LogP contribution in [0.3, 0.4) is 0 Å². The average molecular weight is 259 g/mol. The zero-order valence-electron chi connectivity index (χ0n) is 9.44. The number of amides is 2. The van der Waals surface area contributed by atoms with Gasteiger partial charge in [0.2, 0.25) is 0 Å². The normalized spacial score (nSPS) is 11.9. The number of methoxy groups -OCH3 is 1. The maximum Gasteiger partial charge on any atom is 0.319 e. The van der Waals surface area contributed by atoms with Crippen LogP contribution in [0.25, 0.3) is 0 Å². The molecule has 1 aromatic rings. The fourth-order valence-electron chi connectivity index (χ4n) is 1.20. The largest absolute Gasteiger partial charge is 0.389 e. The molecule has 0 aromatic heterocycles. The van der Waals surface area contributed by atoms with E-state index >= 15 is 0 Å². The van der Waals surface area contributed by atoms with Gasteiger partial charge in [0.05, 0.1) is 12.7 Å². The lowest BCUT2D eigenvalue weighted by Gasteiger charge is -2.11. The Hall–Kier alpha value is -1.30. The number of ether oxygens (including phenoxy) is 1. The molecule has 1 aromatic carbocycles. The molecule has 94 valence electrons. The first kappa shape index (κ1) is 13.8. The molecule has 0 spiro atoms. The molecule has 0 aliphatic carbocycles. The predicted molar refractivity (Wildman–Crippen MR) is 66.4 cm³/mol. The maximum absolute atomic E-state index is 11.4. The van der Waals surface area contributed by atoms with Crippen molar-refractivity contribution >= 4 is 23.3 Å². The Balaban J connectivity index is 2.34. The minimum atomic E-state index is -0.717. The van der Waals surface area contributed by atoms with E-state index in [0.29, 0.717) is 10.7 Å². The Labute approximate surface area is 105 Å². The first-order valence-corrected chi connectivity index (χ1v) is 5.47. The highest BCUT2D eigenvalue weighted by molar-refractivity contribution is 6.30.